The van der Waals surface area contributed by atoms with Crippen molar-refractivity contribution in [1.29, 1.82) is 0 Å². The number of carboxylic acids is 1. The molecule has 3 aromatic carbocycles. The number of carboxylic acid groups (broad SMARTS) is 1. The molecule has 0 bridgehead atoms. The molecule has 1 unspecified atom stereocenters. The van der Waals surface area contributed by atoms with Crippen LogP contribution >= 0.6 is 23.4 Å². The van der Waals surface area contributed by atoms with Crippen LogP contribution in [0.15, 0.2) is 83.5 Å². The lowest BCUT2D eigenvalue weighted by Crippen LogP contribution is -2.36. The Morgan fingerprint density at radius 2 is 1.95 bits per heavy atom. The van der Waals surface area contributed by atoms with E-state index in [4.69, 9.17) is 20.8 Å². The van der Waals surface area contributed by atoms with Gasteiger partial charge in [-0.05, 0) is 78.6 Å². The summed E-state index contributed by atoms with van der Waals surface area (Å²) in [6.07, 6.45) is 4.52. The van der Waals surface area contributed by atoms with Gasteiger partial charge in [0.2, 0.25) is 0 Å². The molecule has 0 amide bonds. The summed E-state index contributed by atoms with van der Waals surface area (Å²) in [4.78, 5) is 20.3. The fourth-order valence-corrected chi connectivity index (χ4v) is 5.05. The van der Waals surface area contributed by atoms with Gasteiger partial charge in [0.15, 0.2) is 0 Å². The molecule has 11 heteroatoms. The quantitative estimate of drug-likeness (QED) is 0.126. The number of ether oxygens (including phenoxy) is 1. The minimum Gasteiger partial charge on any atom is -0.480 e. The number of rotatable bonds is 13. The zero-order chi connectivity index (χ0) is 29.5. The average Bonchev–Trinajstić information content (AvgIpc) is 3.42. The lowest BCUT2D eigenvalue weighted by molar-refractivity contribution is -0.139. The molecular weight excluding hydrogens is 579 g/mol. The zero-order valence-corrected chi connectivity index (χ0v) is 24.2. The van der Waals surface area contributed by atoms with E-state index in [0.717, 1.165) is 28.0 Å². The second-order valence-electron chi connectivity index (χ2n) is 9.50. The predicted octanol–water partition coefficient (Wildman–Crippen LogP) is 7.44. The van der Waals surface area contributed by atoms with Gasteiger partial charge in [-0.3, -0.25) is 10.1 Å². The van der Waals surface area contributed by atoms with Crippen molar-refractivity contribution in [3.63, 3.8) is 0 Å². The van der Waals surface area contributed by atoms with E-state index in [2.05, 4.69) is 20.6 Å². The molecule has 0 fully saturated rings. The molecule has 0 aliphatic rings. The summed E-state index contributed by atoms with van der Waals surface area (Å²) in [5.41, 5.74) is 2.45. The molecule has 0 radical (unpaired) electrons. The number of halogens is 2. The zero-order valence-electron chi connectivity index (χ0n) is 22.6. The predicted molar refractivity (Wildman–Crippen MR) is 164 cm³/mol. The lowest BCUT2D eigenvalue weighted by Gasteiger charge is -2.12. The molecule has 0 spiro atoms. The van der Waals surface area contributed by atoms with Crippen molar-refractivity contribution in [3.05, 3.63) is 107 Å². The molecule has 5 aromatic rings. The molecule has 8 nitrogen and oxygen atoms in total. The Kier molecular flexibility index (Phi) is 9.58. The van der Waals surface area contributed by atoms with Gasteiger partial charge in [0, 0.05) is 23.6 Å². The molecule has 2 heterocycles. The first-order valence-electron chi connectivity index (χ1n) is 13.1. The van der Waals surface area contributed by atoms with E-state index in [0.29, 0.717) is 53.2 Å². The highest BCUT2D eigenvalue weighted by atomic mass is 35.5. The van der Waals surface area contributed by atoms with Gasteiger partial charge in [-0.2, -0.15) is 11.8 Å². The van der Waals surface area contributed by atoms with Gasteiger partial charge >= 0.3 is 5.97 Å². The minimum absolute atomic E-state index is 0.333. The summed E-state index contributed by atoms with van der Waals surface area (Å²) in [6.45, 7) is 0.333. The van der Waals surface area contributed by atoms with Crippen molar-refractivity contribution in [2.45, 2.75) is 25.4 Å². The first-order chi connectivity index (χ1) is 20.4. The molecule has 0 aliphatic heterocycles. The Morgan fingerprint density at radius 3 is 2.74 bits per heavy atom. The summed E-state index contributed by atoms with van der Waals surface area (Å²) >= 11 is 8.08. The van der Waals surface area contributed by atoms with E-state index < -0.39 is 17.8 Å². The van der Waals surface area contributed by atoms with Crippen LogP contribution in [-0.4, -0.2) is 39.1 Å². The maximum atomic E-state index is 13.5. The Labute approximate surface area is 251 Å². The number of fused-ring (bicyclic) bond motifs is 1. The number of aromatic nitrogens is 2. The standard InChI is InChI=1S/C31H28ClFN4O4S/c1-42-12-11-28(31(38)39)34-17-24-8-7-23(40-24)13-19-5-9-27-25(14-19)30(36-18-35-27)37-21-6-10-29(26(32)16-21)41-22-4-2-3-20(33)15-22/h2-10,14-16,18,28,34H,11-13,17H2,1H3,(H,38,39)(H,35,36,37). The second-order valence-corrected chi connectivity index (χ2v) is 10.9. The first-order valence-corrected chi connectivity index (χ1v) is 14.9. The van der Waals surface area contributed by atoms with Crippen LogP contribution in [0.1, 0.15) is 23.5 Å². The van der Waals surface area contributed by atoms with Crippen molar-refractivity contribution in [3.8, 4) is 11.5 Å². The molecule has 0 saturated carbocycles. The molecule has 5 rings (SSSR count). The second kappa shape index (κ2) is 13.7. The minimum atomic E-state index is -0.867. The highest BCUT2D eigenvalue weighted by molar-refractivity contribution is 7.98. The summed E-state index contributed by atoms with van der Waals surface area (Å²) in [6, 6.07) is 20.1. The molecular formula is C31H28ClFN4O4S. The Hall–Kier alpha value is -4.12. The van der Waals surface area contributed by atoms with Crippen LogP contribution in [0.3, 0.4) is 0 Å². The Morgan fingerprint density at radius 1 is 1.10 bits per heavy atom. The van der Waals surface area contributed by atoms with Gasteiger partial charge in [0.25, 0.3) is 0 Å². The van der Waals surface area contributed by atoms with Crippen LogP contribution in [0.4, 0.5) is 15.9 Å². The van der Waals surface area contributed by atoms with Crippen LogP contribution in [0.5, 0.6) is 11.5 Å². The number of anilines is 2. The maximum Gasteiger partial charge on any atom is 0.320 e. The maximum absolute atomic E-state index is 13.5. The number of furan rings is 1. The number of thioether (sulfide) groups is 1. The van der Waals surface area contributed by atoms with Crippen molar-refractivity contribution in [1.82, 2.24) is 15.3 Å². The fraction of sp³-hybridized carbons (Fsp3) is 0.194. The summed E-state index contributed by atoms with van der Waals surface area (Å²) < 4.78 is 25.2. The largest absolute Gasteiger partial charge is 0.480 e. The van der Waals surface area contributed by atoms with Crippen LogP contribution in [0.25, 0.3) is 10.9 Å². The summed E-state index contributed by atoms with van der Waals surface area (Å²) in [7, 11) is 0. The lowest BCUT2D eigenvalue weighted by atomic mass is 10.1. The van der Waals surface area contributed by atoms with E-state index in [9.17, 15) is 14.3 Å². The molecule has 42 heavy (non-hydrogen) atoms. The Bertz CT molecular complexity index is 1700. The van der Waals surface area contributed by atoms with Gasteiger partial charge in [-0.1, -0.05) is 23.7 Å². The van der Waals surface area contributed by atoms with Crippen molar-refractivity contribution < 1.29 is 23.4 Å². The third kappa shape index (κ3) is 7.58. The average molecular weight is 607 g/mol. The number of carbonyl (C=O) groups is 1. The van der Waals surface area contributed by atoms with E-state index in [1.165, 1.54) is 18.5 Å². The van der Waals surface area contributed by atoms with E-state index in [-0.39, 0.29) is 0 Å². The monoisotopic (exact) mass is 606 g/mol. The van der Waals surface area contributed by atoms with Crippen LogP contribution in [-0.2, 0) is 17.8 Å². The first kappa shape index (κ1) is 29.4. The van der Waals surface area contributed by atoms with Crippen molar-refractivity contribution in [2.75, 3.05) is 17.3 Å². The van der Waals surface area contributed by atoms with Crippen molar-refractivity contribution in [2.24, 2.45) is 0 Å². The Balaban J connectivity index is 1.27. The molecule has 216 valence electrons. The number of aliphatic carboxylic acids is 1. The van der Waals surface area contributed by atoms with E-state index >= 15 is 0 Å². The number of hydrogen-bond donors (Lipinski definition) is 3. The number of nitrogens with zero attached hydrogens (tertiary/aromatic N) is 2. The highest BCUT2D eigenvalue weighted by Gasteiger charge is 2.17. The SMILES string of the molecule is CSCCC(NCc1ccc(Cc2ccc3ncnc(Nc4ccc(Oc5cccc(F)c5)c(Cl)c4)c3c2)o1)C(=O)O. The topological polar surface area (TPSA) is 110 Å². The molecule has 3 N–H and O–H groups in total. The molecule has 2 aromatic heterocycles. The third-order valence-electron chi connectivity index (χ3n) is 6.45. The summed E-state index contributed by atoms with van der Waals surface area (Å²) in [5, 5.41) is 17.0. The van der Waals surface area contributed by atoms with Gasteiger partial charge in [-0.25, -0.2) is 14.4 Å². The van der Waals surface area contributed by atoms with E-state index in [1.54, 1.807) is 42.1 Å². The van der Waals surface area contributed by atoms with Crippen molar-refractivity contribution >= 4 is 51.7 Å². The summed E-state index contributed by atoms with van der Waals surface area (Å²) in [5.74, 6) is 2.28. The number of benzene rings is 3. The normalized spacial score (nSPS) is 11.9. The molecule has 0 saturated heterocycles. The fourth-order valence-electron chi connectivity index (χ4n) is 4.35. The number of hydrogen-bond acceptors (Lipinski definition) is 8. The van der Waals surface area contributed by atoms with Gasteiger partial charge in [0.1, 0.15) is 47.0 Å². The van der Waals surface area contributed by atoms with Gasteiger partial charge < -0.3 is 19.6 Å². The van der Waals surface area contributed by atoms with Crippen LogP contribution in [0, 0.1) is 5.82 Å². The van der Waals surface area contributed by atoms with E-state index in [1.807, 2.05) is 36.6 Å². The van der Waals surface area contributed by atoms with Gasteiger partial charge in [-0.15, -0.1) is 0 Å². The van der Waals surface area contributed by atoms with Crippen LogP contribution in [0.2, 0.25) is 5.02 Å². The highest BCUT2D eigenvalue weighted by Crippen LogP contribution is 2.33. The van der Waals surface area contributed by atoms with Crippen LogP contribution < -0.4 is 15.4 Å². The van der Waals surface area contributed by atoms with Gasteiger partial charge in [0.05, 0.1) is 17.1 Å². The molecule has 1 atom stereocenters. The third-order valence-corrected chi connectivity index (χ3v) is 7.38. The number of nitrogens with one attached hydrogen (secondary N) is 2. The molecule has 0 aliphatic carbocycles. The smallest absolute Gasteiger partial charge is 0.320 e.